The van der Waals surface area contributed by atoms with E-state index in [2.05, 4.69) is 32.2 Å². The minimum atomic E-state index is -0.664. The van der Waals surface area contributed by atoms with E-state index in [9.17, 15) is 4.79 Å². The third-order valence-electron chi connectivity index (χ3n) is 5.31. The van der Waals surface area contributed by atoms with Crippen LogP contribution < -0.4 is 9.47 Å². The first-order chi connectivity index (χ1) is 15.9. The van der Waals surface area contributed by atoms with E-state index in [0.29, 0.717) is 29.7 Å². The summed E-state index contributed by atoms with van der Waals surface area (Å²) in [7, 11) is 4.77. The van der Waals surface area contributed by atoms with Gasteiger partial charge in [0.15, 0.2) is 5.78 Å². The number of ether oxygens (including phenoxy) is 3. The highest BCUT2D eigenvalue weighted by atomic mass is 79.9. The third kappa shape index (κ3) is 4.85. The van der Waals surface area contributed by atoms with Gasteiger partial charge >= 0.3 is 0 Å². The molecule has 1 aliphatic heterocycles. The van der Waals surface area contributed by atoms with Gasteiger partial charge in [0.25, 0.3) is 0 Å². The molecule has 0 aliphatic carbocycles. The zero-order valence-electron chi connectivity index (χ0n) is 18.6. The molecule has 0 spiro atoms. The van der Waals surface area contributed by atoms with Gasteiger partial charge in [0.05, 0.1) is 19.5 Å². The smallest absolute Gasteiger partial charge is 0.247 e. The van der Waals surface area contributed by atoms with Gasteiger partial charge in [-0.3, -0.25) is 4.79 Å². The summed E-state index contributed by atoms with van der Waals surface area (Å²) in [4.78, 5) is 14.3. The molecule has 0 amide bonds. The summed E-state index contributed by atoms with van der Waals surface area (Å²) in [5.41, 5.74) is 2.52. The molecule has 33 heavy (non-hydrogen) atoms. The second-order valence-electron chi connectivity index (χ2n) is 7.37. The molecule has 0 radical (unpaired) electrons. The molecule has 0 saturated heterocycles. The molecular weight excluding hydrogens is 508 g/mol. The van der Waals surface area contributed by atoms with Gasteiger partial charge in [-0.1, -0.05) is 18.2 Å². The molecule has 9 heteroatoms. The SMILES string of the molecule is COc1cc(C2=CCC(C(=O)C(OC)c3ccc(-c4nnc(C)o4)cc3)S2)cc(OC)c1Br. The minimum Gasteiger partial charge on any atom is -0.495 e. The van der Waals surface area contributed by atoms with Gasteiger partial charge in [-0.2, -0.15) is 0 Å². The van der Waals surface area contributed by atoms with Crippen molar-refractivity contribution in [3.8, 4) is 23.0 Å². The average Bonchev–Trinajstić information content (AvgIpc) is 3.50. The van der Waals surface area contributed by atoms with E-state index in [0.717, 1.165) is 26.1 Å². The van der Waals surface area contributed by atoms with Crippen LogP contribution in [0.15, 0.2) is 51.4 Å². The molecule has 2 heterocycles. The van der Waals surface area contributed by atoms with Crippen LogP contribution >= 0.6 is 27.7 Å². The Morgan fingerprint density at radius 2 is 1.76 bits per heavy atom. The maximum atomic E-state index is 13.3. The van der Waals surface area contributed by atoms with Gasteiger partial charge in [-0.25, -0.2) is 0 Å². The van der Waals surface area contributed by atoms with E-state index in [1.54, 1.807) is 28.3 Å². The van der Waals surface area contributed by atoms with Gasteiger partial charge < -0.3 is 18.6 Å². The van der Waals surface area contributed by atoms with Crippen LogP contribution in [0.5, 0.6) is 11.5 Å². The van der Waals surface area contributed by atoms with E-state index in [4.69, 9.17) is 18.6 Å². The zero-order chi connectivity index (χ0) is 23.5. The summed E-state index contributed by atoms with van der Waals surface area (Å²) in [6.45, 7) is 1.74. The number of rotatable bonds is 8. The monoisotopic (exact) mass is 530 g/mol. The Bertz CT molecular complexity index is 1170. The second-order valence-corrected chi connectivity index (χ2v) is 9.41. The number of aromatic nitrogens is 2. The van der Waals surface area contributed by atoms with Crippen LogP contribution in [0.25, 0.3) is 16.4 Å². The molecule has 0 fully saturated rings. The number of aryl methyl sites for hydroxylation is 1. The molecule has 7 nitrogen and oxygen atoms in total. The normalized spacial score (nSPS) is 16.4. The number of methoxy groups -OCH3 is 3. The van der Waals surface area contributed by atoms with Crippen molar-refractivity contribution in [3.63, 3.8) is 0 Å². The van der Waals surface area contributed by atoms with Crippen molar-refractivity contribution in [1.29, 1.82) is 0 Å². The van der Waals surface area contributed by atoms with Crippen LogP contribution in [0.2, 0.25) is 0 Å². The van der Waals surface area contributed by atoms with E-state index in [-0.39, 0.29) is 11.0 Å². The number of carbonyl (C=O) groups is 1. The number of hydrogen-bond acceptors (Lipinski definition) is 8. The topological polar surface area (TPSA) is 83.7 Å². The van der Waals surface area contributed by atoms with Crippen LogP contribution in [-0.4, -0.2) is 42.6 Å². The van der Waals surface area contributed by atoms with Gasteiger partial charge in [0, 0.05) is 24.5 Å². The van der Waals surface area contributed by atoms with E-state index in [1.807, 2.05) is 36.4 Å². The number of carbonyl (C=O) groups excluding carboxylic acids is 1. The first kappa shape index (κ1) is 23.5. The largest absolute Gasteiger partial charge is 0.495 e. The predicted molar refractivity (Wildman–Crippen MR) is 130 cm³/mol. The Labute approximate surface area is 204 Å². The number of hydrogen-bond donors (Lipinski definition) is 0. The van der Waals surface area contributed by atoms with Gasteiger partial charge in [-0.15, -0.1) is 22.0 Å². The Morgan fingerprint density at radius 1 is 1.09 bits per heavy atom. The summed E-state index contributed by atoms with van der Waals surface area (Å²) < 4.78 is 22.7. The van der Waals surface area contributed by atoms with Crippen molar-refractivity contribution in [3.05, 3.63) is 64.0 Å². The van der Waals surface area contributed by atoms with E-state index < -0.39 is 6.10 Å². The highest BCUT2D eigenvalue weighted by Gasteiger charge is 2.32. The van der Waals surface area contributed by atoms with Crippen LogP contribution in [0, 0.1) is 6.92 Å². The molecule has 0 bridgehead atoms. The molecule has 1 aliphatic rings. The number of thioether (sulfide) groups is 1. The average molecular weight is 531 g/mol. The molecule has 0 N–H and O–H groups in total. The number of allylic oxidation sites excluding steroid dienone is 1. The van der Waals surface area contributed by atoms with Crippen molar-refractivity contribution in [2.75, 3.05) is 21.3 Å². The van der Waals surface area contributed by atoms with Crippen molar-refractivity contribution in [2.24, 2.45) is 0 Å². The lowest BCUT2D eigenvalue weighted by molar-refractivity contribution is -0.128. The fraction of sp³-hybridized carbons (Fsp3) is 0.292. The van der Waals surface area contributed by atoms with Crippen molar-refractivity contribution in [1.82, 2.24) is 10.2 Å². The number of halogens is 1. The summed E-state index contributed by atoms with van der Waals surface area (Å²) in [5, 5.41) is 7.64. The number of benzene rings is 2. The third-order valence-corrected chi connectivity index (χ3v) is 7.46. The quantitative estimate of drug-likeness (QED) is 0.370. The van der Waals surface area contributed by atoms with E-state index in [1.165, 1.54) is 11.8 Å². The lowest BCUT2D eigenvalue weighted by atomic mass is 10.0. The highest BCUT2D eigenvalue weighted by molar-refractivity contribution is 9.10. The maximum Gasteiger partial charge on any atom is 0.247 e. The fourth-order valence-corrected chi connectivity index (χ4v) is 5.37. The van der Waals surface area contributed by atoms with Crippen molar-refractivity contribution < 1.29 is 23.4 Å². The molecule has 0 saturated carbocycles. The Morgan fingerprint density at radius 3 is 2.30 bits per heavy atom. The molecule has 2 aromatic carbocycles. The summed E-state index contributed by atoms with van der Waals surface area (Å²) in [5.74, 6) is 2.31. The Kier molecular flexibility index (Phi) is 7.21. The number of nitrogens with zero attached hydrogens (tertiary/aromatic N) is 2. The maximum absolute atomic E-state index is 13.3. The predicted octanol–water partition coefficient (Wildman–Crippen LogP) is 5.63. The molecule has 2 atom stereocenters. The minimum absolute atomic E-state index is 0.0196. The van der Waals surface area contributed by atoms with Crippen molar-refractivity contribution >= 4 is 38.4 Å². The zero-order valence-corrected chi connectivity index (χ0v) is 21.0. The number of Topliss-reactive ketones (excluding diaryl/α,β-unsaturated/α-hetero) is 1. The summed E-state index contributed by atoms with van der Waals surface area (Å²) in [6, 6.07) is 11.3. The molecular formula is C24H23BrN2O5S. The Hall–Kier alpha value is -2.62. The van der Waals surface area contributed by atoms with E-state index >= 15 is 0 Å². The molecule has 1 aromatic heterocycles. The van der Waals surface area contributed by atoms with Gasteiger partial charge in [0.2, 0.25) is 11.8 Å². The van der Waals surface area contributed by atoms with Gasteiger partial charge in [-0.05, 0) is 57.7 Å². The fourth-order valence-electron chi connectivity index (χ4n) is 3.63. The molecule has 172 valence electrons. The summed E-state index contributed by atoms with van der Waals surface area (Å²) >= 11 is 5.02. The second kappa shape index (κ2) is 10.1. The highest BCUT2D eigenvalue weighted by Crippen LogP contribution is 2.45. The lowest BCUT2D eigenvalue weighted by Crippen LogP contribution is -2.24. The van der Waals surface area contributed by atoms with Crippen LogP contribution in [-0.2, 0) is 9.53 Å². The van der Waals surface area contributed by atoms with Crippen LogP contribution in [0.3, 0.4) is 0 Å². The molecule has 2 unspecified atom stereocenters. The first-order valence-corrected chi connectivity index (χ1v) is 11.9. The van der Waals surface area contributed by atoms with Crippen LogP contribution in [0.1, 0.15) is 29.5 Å². The van der Waals surface area contributed by atoms with Crippen molar-refractivity contribution in [2.45, 2.75) is 24.7 Å². The Balaban J connectivity index is 1.49. The van der Waals surface area contributed by atoms with Gasteiger partial charge in [0.1, 0.15) is 22.1 Å². The lowest BCUT2D eigenvalue weighted by Gasteiger charge is -2.19. The molecule has 3 aromatic rings. The molecule has 4 rings (SSSR count). The number of ketones is 1. The standard InChI is InChI=1S/C24H23BrN2O5S/c1-13-26-27-24(32-13)15-7-5-14(6-8-15)23(31-4)22(28)20-10-9-19(33-20)16-11-17(29-2)21(25)18(12-16)30-3/h5-9,11-12,20,23H,10H2,1-4H3. The van der Waals surface area contributed by atoms with Crippen LogP contribution in [0.4, 0.5) is 0 Å². The summed E-state index contributed by atoms with van der Waals surface area (Å²) in [6.07, 6.45) is 2.03. The first-order valence-electron chi connectivity index (χ1n) is 10.2.